The molecular weight excluding hydrogens is 464 g/mol. The molecule has 1 aromatic carbocycles. The van der Waals surface area contributed by atoms with Crippen molar-refractivity contribution in [2.24, 2.45) is 0 Å². The van der Waals surface area contributed by atoms with Crippen LogP contribution in [-0.2, 0) is 16.6 Å². The largest absolute Gasteiger partial charge is 0.268 e. The first kappa shape index (κ1) is 22.5. The molecule has 0 radical (unpaired) electrons. The number of aromatic nitrogens is 3. The van der Waals surface area contributed by atoms with Gasteiger partial charge in [-0.25, -0.2) is 22.8 Å². The van der Waals surface area contributed by atoms with Crippen molar-refractivity contribution in [1.82, 2.24) is 19.5 Å². The van der Waals surface area contributed by atoms with Gasteiger partial charge in [-0.3, -0.25) is 4.79 Å². The van der Waals surface area contributed by atoms with Gasteiger partial charge < -0.3 is 0 Å². The topological polar surface area (TPSA) is 93.9 Å². The van der Waals surface area contributed by atoms with Crippen LogP contribution in [0, 0.1) is 20.8 Å². The monoisotopic (exact) mass is 486 g/mol. The Morgan fingerprint density at radius 2 is 1.88 bits per heavy atom. The van der Waals surface area contributed by atoms with Crippen LogP contribution in [0.3, 0.4) is 0 Å². The summed E-state index contributed by atoms with van der Waals surface area (Å²) in [7, 11) is -3.67. The average molecular weight is 487 g/mol. The number of benzene rings is 1. The number of hydrogen-bond donors (Lipinski definition) is 1. The van der Waals surface area contributed by atoms with E-state index in [4.69, 9.17) is 0 Å². The first-order chi connectivity index (χ1) is 15.2. The molecule has 0 unspecified atom stereocenters. The second-order valence-electron chi connectivity index (χ2n) is 7.33. The highest BCUT2D eigenvalue weighted by Crippen LogP contribution is 2.35. The standard InChI is InChI=1S/C22H22N4O3S3/c1-14-6-7-17(13-15(14)2)32(28,29)23-10-11-26-20(27)9-8-18(25-26)21-16(3)24-22(31-21)19-5-4-12-30-19/h4-9,12-13,23H,10-11H2,1-3H3. The molecule has 3 heterocycles. The highest BCUT2D eigenvalue weighted by atomic mass is 32.2. The number of thiophene rings is 1. The average Bonchev–Trinajstić information content (AvgIpc) is 3.41. The van der Waals surface area contributed by atoms with Crippen molar-refractivity contribution in [3.05, 3.63) is 75.0 Å². The lowest BCUT2D eigenvalue weighted by Crippen LogP contribution is -2.32. The Bertz CT molecular complexity index is 1420. The summed E-state index contributed by atoms with van der Waals surface area (Å²) in [4.78, 5) is 19.1. The number of sulfonamides is 1. The van der Waals surface area contributed by atoms with Crippen LogP contribution in [0.25, 0.3) is 20.5 Å². The molecule has 32 heavy (non-hydrogen) atoms. The van der Waals surface area contributed by atoms with E-state index in [1.165, 1.54) is 22.1 Å². The summed E-state index contributed by atoms with van der Waals surface area (Å²) in [6.07, 6.45) is 0. The van der Waals surface area contributed by atoms with Crippen molar-refractivity contribution in [3.8, 4) is 20.5 Å². The molecule has 0 aliphatic rings. The normalized spacial score (nSPS) is 11.7. The number of hydrogen-bond acceptors (Lipinski definition) is 7. The molecule has 0 saturated carbocycles. The Hall–Kier alpha value is -2.66. The van der Waals surface area contributed by atoms with Crippen LogP contribution >= 0.6 is 22.7 Å². The van der Waals surface area contributed by atoms with Gasteiger partial charge in [-0.05, 0) is 61.5 Å². The van der Waals surface area contributed by atoms with E-state index in [-0.39, 0.29) is 23.5 Å². The van der Waals surface area contributed by atoms with Crippen LogP contribution < -0.4 is 10.3 Å². The molecule has 0 atom stereocenters. The smallest absolute Gasteiger partial charge is 0.266 e. The SMILES string of the molecule is Cc1ccc(S(=O)(=O)NCCn2nc(-c3sc(-c4cccs4)nc3C)ccc2=O)cc1C. The molecular formula is C22H22N4O3S3. The highest BCUT2D eigenvalue weighted by molar-refractivity contribution is 7.89. The second kappa shape index (κ2) is 9.07. The van der Waals surface area contributed by atoms with Gasteiger partial charge in [-0.15, -0.1) is 22.7 Å². The van der Waals surface area contributed by atoms with Crippen molar-refractivity contribution in [1.29, 1.82) is 0 Å². The highest BCUT2D eigenvalue weighted by Gasteiger charge is 2.16. The van der Waals surface area contributed by atoms with E-state index in [2.05, 4.69) is 14.8 Å². The third-order valence-electron chi connectivity index (χ3n) is 5.03. The van der Waals surface area contributed by atoms with Crippen LogP contribution in [0.4, 0.5) is 0 Å². The fraction of sp³-hybridized carbons (Fsp3) is 0.227. The Kier molecular flexibility index (Phi) is 6.38. The lowest BCUT2D eigenvalue weighted by Gasteiger charge is -2.10. The Labute approximate surface area is 194 Å². The van der Waals surface area contributed by atoms with Gasteiger partial charge in [0.15, 0.2) is 0 Å². The van der Waals surface area contributed by atoms with E-state index in [0.717, 1.165) is 31.6 Å². The van der Waals surface area contributed by atoms with Gasteiger partial charge in [0.2, 0.25) is 10.0 Å². The number of nitrogens with one attached hydrogen (secondary N) is 1. The molecule has 0 bridgehead atoms. The number of aryl methyl sites for hydroxylation is 3. The van der Waals surface area contributed by atoms with Gasteiger partial charge in [-0.1, -0.05) is 12.1 Å². The number of rotatable bonds is 7. The molecule has 0 spiro atoms. The maximum absolute atomic E-state index is 12.6. The minimum absolute atomic E-state index is 0.0493. The van der Waals surface area contributed by atoms with Crippen LogP contribution in [0.5, 0.6) is 0 Å². The molecule has 4 rings (SSSR count). The van der Waals surface area contributed by atoms with E-state index in [1.54, 1.807) is 35.6 Å². The predicted molar refractivity (Wildman–Crippen MR) is 129 cm³/mol. The van der Waals surface area contributed by atoms with E-state index in [1.807, 2.05) is 38.3 Å². The summed E-state index contributed by atoms with van der Waals surface area (Å²) in [5.74, 6) is 0. The molecule has 0 amide bonds. The fourth-order valence-electron chi connectivity index (χ4n) is 3.12. The third kappa shape index (κ3) is 4.73. The van der Waals surface area contributed by atoms with E-state index >= 15 is 0 Å². The van der Waals surface area contributed by atoms with Gasteiger partial charge in [0.25, 0.3) is 5.56 Å². The molecule has 10 heteroatoms. The van der Waals surface area contributed by atoms with Gasteiger partial charge >= 0.3 is 0 Å². The molecule has 0 fully saturated rings. The molecule has 0 saturated heterocycles. The third-order valence-corrected chi connectivity index (χ3v) is 8.71. The minimum Gasteiger partial charge on any atom is -0.268 e. The number of nitrogens with zero attached hydrogens (tertiary/aromatic N) is 3. The second-order valence-corrected chi connectivity index (χ2v) is 11.0. The van der Waals surface area contributed by atoms with Crippen LogP contribution in [0.2, 0.25) is 0 Å². The molecule has 0 aliphatic heterocycles. The lowest BCUT2D eigenvalue weighted by atomic mass is 10.1. The van der Waals surface area contributed by atoms with Crippen molar-refractivity contribution < 1.29 is 8.42 Å². The Morgan fingerprint density at radius 1 is 1.06 bits per heavy atom. The first-order valence-electron chi connectivity index (χ1n) is 9.91. The van der Waals surface area contributed by atoms with Crippen LogP contribution in [0.15, 0.2) is 57.5 Å². The lowest BCUT2D eigenvalue weighted by molar-refractivity contribution is 0.549. The van der Waals surface area contributed by atoms with Crippen LogP contribution in [0.1, 0.15) is 16.8 Å². The summed E-state index contributed by atoms with van der Waals surface area (Å²) in [5, 5.41) is 7.37. The van der Waals surface area contributed by atoms with E-state index < -0.39 is 10.0 Å². The fourth-order valence-corrected chi connectivity index (χ4v) is 6.05. The maximum Gasteiger partial charge on any atom is 0.266 e. The molecule has 4 aromatic rings. The molecule has 166 valence electrons. The zero-order valence-corrected chi connectivity index (χ0v) is 20.3. The summed E-state index contributed by atoms with van der Waals surface area (Å²) in [6.45, 7) is 5.88. The summed E-state index contributed by atoms with van der Waals surface area (Å²) >= 11 is 3.14. The first-order valence-corrected chi connectivity index (χ1v) is 13.1. The van der Waals surface area contributed by atoms with E-state index in [0.29, 0.717) is 5.69 Å². The zero-order valence-electron chi connectivity index (χ0n) is 17.8. The summed E-state index contributed by atoms with van der Waals surface area (Å²) < 4.78 is 29.0. The summed E-state index contributed by atoms with van der Waals surface area (Å²) in [6, 6.07) is 12.1. The van der Waals surface area contributed by atoms with Gasteiger partial charge in [0.1, 0.15) is 10.7 Å². The molecule has 3 aromatic heterocycles. The summed E-state index contributed by atoms with van der Waals surface area (Å²) in [5.41, 5.74) is 3.11. The maximum atomic E-state index is 12.6. The van der Waals surface area contributed by atoms with Crippen LogP contribution in [-0.4, -0.2) is 29.7 Å². The quantitative estimate of drug-likeness (QED) is 0.426. The van der Waals surface area contributed by atoms with Crippen molar-refractivity contribution in [2.75, 3.05) is 6.54 Å². The van der Waals surface area contributed by atoms with Crippen molar-refractivity contribution in [3.63, 3.8) is 0 Å². The molecule has 1 N–H and O–H groups in total. The van der Waals surface area contributed by atoms with Crippen molar-refractivity contribution in [2.45, 2.75) is 32.2 Å². The Balaban J connectivity index is 1.51. The van der Waals surface area contributed by atoms with Gasteiger partial charge in [-0.2, -0.15) is 5.10 Å². The molecule has 7 nitrogen and oxygen atoms in total. The predicted octanol–water partition coefficient (Wildman–Crippen LogP) is 4.00. The van der Waals surface area contributed by atoms with Gasteiger partial charge in [0, 0.05) is 12.6 Å². The van der Waals surface area contributed by atoms with Gasteiger partial charge in [0.05, 0.1) is 26.9 Å². The zero-order chi connectivity index (χ0) is 22.9. The minimum atomic E-state index is -3.67. The van der Waals surface area contributed by atoms with E-state index in [9.17, 15) is 13.2 Å². The number of thiazole rings is 1. The molecule has 0 aliphatic carbocycles. The Morgan fingerprint density at radius 3 is 2.59 bits per heavy atom. The van der Waals surface area contributed by atoms with Crippen molar-refractivity contribution >= 4 is 32.7 Å².